The molecule has 186 valence electrons. The number of hydrogen-bond acceptors (Lipinski definition) is 8. The van der Waals surface area contributed by atoms with Crippen molar-refractivity contribution in [2.24, 2.45) is 0 Å². The maximum atomic E-state index is 13.5. The first kappa shape index (κ1) is 24.3. The van der Waals surface area contributed by atoms with Crippen molar-refractivity contribution in [1.82, 2.24) is 15.3 Å². The molecular weight excluding hydrogens is 452 g/mol. The van der Waals surface area contributed by atoms with Gasteiger partial charge in [-0.05, 0) is 19.9 Å². The fourth-order valence-electron chi connectivity index (χ4n) is 4.48. The van der Waals surface area contributed by atoms with Gasteiger partial charge in [0.25, 0.3) is 0 Å². The van der Waals surface area contributed by atoms with Crippen LogP contribution < -0.4 is 29.9 Å². The Kier molecular flexibility index (Phi) is 6.79. The Morgan fingerprint density at radius 3 is 2.49 bits per heavy atom. The number of ether oxygens (including phenoxy) is 3. The number of rotatable bonds is 7. The molecule has 0 bridgehead atoms. The molecule has 1 fully saturated rings. The molecule has 4 rings (SSSR count). The molecule has 2 N–H and O–H groups in total. The normalized spacial score (nSPS) is 19.3. The van der Waals surface area contributed by atoms with Crippen molar-refractivity contribution in [3.05, 3.63) is 41.6 Å². The molecule has 2 unspecified atom stereocenters. The SMILES string of the molecule is C=CC(=O)NC1COCC1Nc1ncc2c(n1)N(C)C(=O)N(c1c(C)c(OC)cc(OC)c1C)C2. The van der Waals surface area contributed by atoms with Gasteiger partial charge in [-0.25, -0.2) is 9.78 Å². The van der Waals surface area contributed by atoms with Crippen LogP contribution in [0.2, 0.25) is 0 Å². The number of aromatic nitrogens is 2. The van der Waals surface area contributed by atoms with E-state index in [-0.39, 0.29) is 24.0 Å². The van der Waals surface area contributed by atoms with Crippen LogP contribution in [-0.2, 0) is 16.1 Å². The second-order valence-corrected chi connectivity index (χ2v) is 8.46. The van der Waals surface area contributed by atoms with Gasteiger partial charge in [-0.3, -0.25) is 14.6 Å². The molecule has 1 aromatic heterocycles. The molecule has 0 aliphatic carbocycles. The minimum absolute atomic E-state index is 0.215. The summed E-state index contributed by atoms with van der Waals surface area (Å²) in [5.41, 5.74) is 3.19. The van der Waals surface area contributed by atoms with E-state index in [9.17, 15) is 9.59 Å². The van der Waals surface area contributed by atoms with Crippen LogP contribution in [0, 0.1) is 13.8 Å². The fourth-order valence-corrected chi connectivity index (χ4v) is 4.48. The van der Waals surface area contributed by atoms with Crippen LogP contribution >= 0.6 is 0 Å². The molecule has 2 aliphatic heterocycles. The van der Waals surface area contributed by atoms with Crippen molar-refractivity contribution in [2.75, 3.05) is 49.6 Å². The number of carbonyl (C=O) groups excluding carboxylic acids is 2. The number of hydrogen-bond donors (Lipinski definition) is 2. The van der Waals surface area contributed by atoms with Crippen molar-refractivity contribution in [3.63, 3.8) is 0 Å². The Labute approximate surface area is 204 Å². The highest BCUT2D eigenvalue weighted by atomic mass is 16.5. The number of benzene rings is 1. The van der Waals surface area contributed by atoms with Crippen LogP contribution in [0.1, 0.15) is 16.7 Å². The summed E-state index contributed by atoms with van der Waals surface area (Å²) in [6, 6.07) is 1.12. The summed E-state index contributed by atoms with van der Waals surface area (Å²) in [6.07, 6.45) is 2.92. The monoisotopic (exact) mass is 482 g/mol. The lowest BCUT2D eigenvalue weighted by molar-refractivity contribution is -0.117. The summed E-state index contributed by atoms with van der Waals surface area (Å²) in [5, 5.41) is 6.05. The molecule has 11 nitrogen and oxygen atoms in total. The van der Waals surface area contributed by atoms with Gasteiger partial charge in [0.1, 0.15) is 17.3 Å². The zero-order chi connectivity index (χ0) is 25.3. The minimum Gasteiger partial charge on any atom is -0.496 e. The summed E-state index contributed by atoms with van der Waals surface area (Å²) in [6.45, 7) is 8.37. The number of nitrogens with one attached hydrogen (secondary N) is 2. The Bertz CT molecular complexity index is 1140. The summed E-state index contributed by atoms with van der Waals surface area (Å²) in [7, 11) is 4.86. The first-order chi connectivity index (χ1) is 16.8. The first-order valence-electron chi connectivity index (χ1n) is 11.2. The van der Waals surface area contributed by atoms with Gasteiger partial charge in [-0.1, -0.05) is 6.58 Å². The van der Waals surface area contributed by atoms with Crippen LogP contribution in [-0.4, -0.2) is 68.5 Å². The zero-order valence-corrected chi connectivity index (χ0v) is 20.5. The lowest BCUT2D eigenvalue weighted by Gasteiger charge is -2.36. The van der Waals surface area contributed by atoms with Gasteiger partial charge >= 0.3 is 6.03 Å². The van der Waals surface area contributed by atoms with Crippen LogP contribution in [0.4, 0.5) is 22.2 Å². The second kappa shape index (κ2) is 9.79. The average Bonchev–Trinajstić information content (AvgIpc) is 3.28. The molecule has 2 aliphatic rings. The maximum Gasteiger partial charge on any atom is 0.330 e. The van der Waals surface area contributed by atoms with E-state index in [1.165, 1.54) is 11.0 Å². The molecule has 3 amide bonds. The summed E-state index contributed by atoms with van der Waals surface area (Å²) >= 11 is 0. The fraction of sp³-hybridized carbons (Fsp3) is 0.417. The number of methoxy groups -OCH3 is 2. The first-order valence-corrected chi connectivity index (χ1v) is 11.2. The van der Waals surface area contributed by atoms with Gasteiger partial charge in [-0.2, -0.15) is 4.98 Å². The molecule has 35 heavy (non-hydrogen) atoms. The molecule has 11 heteroatoms. The van der Waals surface area contributed by atoms with Crippen LogP contribution in [0.3, 0.4) is 0 Å². The van der Waals surface area contributed by atoms with Crippen molar-refractivity contribution in [1.29, 1.82) is 0 Å². The standard InChI is InChI=1S/C24H30N6O5/c1-7-20(31)26-16-11-35-12-17(16)27-23-25-9-15-10-30(24(32)29(4)22(15)28-23)21-13(2)18(33-5)8-19(34-6)14(21)3/h7-9,16-17H,1,10-12H2,2-6H3,(H,26,31)(H,25,27,28). The van der Waals surface area contributed by atoms with Crippen LogP contribution in [0.25, 0.3) is 0 Å². The van der Waals surface area contributed by atoms with Gasteiger partial charge in [0.05, 0.1) is 51.7 Å². The lowest BCUT2D eigenvalue weighted by Crippen LogP contribution is -2.47. The molecule has 0 spiro atoms. The van der Waals surface area contributed by atoms with Gasteiger partial charge in [0, 0.05) is 36.0 Å². The zero-order valence-electron chi connectivity index (χ0n) is 20.5. The predicted octanol–water partition coefficient (Wildman–Crippen LogP) is 2.17. The van der Waals surface area contributed by atoms with Crippen molar-refractivity contribution in [2.45, 2.75) is 32.5 Å². The van der Waals surface area contributed by atoms with Crippen molar-refractivity contribution in [3.8, 4) is 11.5 Å². The highest BCUT2D eigenvalue weighted by Crippen LogP contribution is 2.41. The van der Waals surface area contributed by atoms with E-state index in [0.29, 0.717) is 43.0 Å². The van der Waals surface area contributed by atoms with Gasteiger partial charge < -0.3 is 24.8 Å². The molecule has 0 saturated carbocycles. The number of carbonyl (C=O) groups is 2. The van der Waals surface area contributed by atoms with E-state index < -0.39 is 0 Å². The number of amides is 3. The molecule has 0 radical (unpaired) electrons. The van der Waals surface area contributed by atoms with Crippen molar-refractivity contribution < 1.29 is 23.8 Å². The van der Waals surface area contributed by atoms with Gasteiger partial charge in [0.15, 0.2) is 0 Å². The highest BCUT2D eigenvalue weighted by molar-refractivity contribution is 6.06. The van der Waals surface area contributed by atoms with E-state index >= 15 is 0 Å². The van der Waals surface area contributed by atoms with E-state index in [1.807, 2.05) is 19.9 Å². The van der Waals surface area contributed by atoms with Gasteiger partial charge in [0.2, 0.25) is 11.9 Å². The Hall–Kier alpha value is -3.86. The summed E-state index contributed by atoms with van der Waals surface area (Å²) < 4.78 is 16.5. The number of nitrogens with zero attached hydrogens (tertiary/aromatic N) is 4. The van der Waals surface area contributed by atoms with E-state index in [4.69, 9.17) is 14.2 Å². The van der Waals surface area contributed by atoms with E-state index in [2.05, 4.69) is 27.2 Å². The third-order valence-electron chi connectivity index (χ3n) is 6.34. The quantitative estimate of drug-likeness (QED) is 0.577. The third-order valence-corrected chi connectivity index (χ3v) is 6.34. The van der Waals surface area contributed by atoms with E-state index in [0.717, 1.165) is 22.4 Å². The Morgan fingerprint density at radius 2 is 1.86 bits per heavy atom. The Morgan fingerprint density at radius 1 is 1.20 bits per heavy atom. The predicted molar refractivity (Wildman–Crippen MR) is 131 cm³/mol. The number of anilines is 3. The average molecular weight is 483 g/mol. The summed E-state index contributed by atoms with van der Waals surface area (Å²) in [4.78, 5) is 37.4. The molecule has 1 saturated heterocycles. The number of fused-ring (bicyclic) bond motifs is 1. The van der Waals surface area contributed by atoms with Crippen LogP contribution in [0.5, 0.6) is 11.5 Å². The molecule has 1 aromatic carbocycles. The largest absolute Gasteiger partial charge is 0.496 e. The summed E-state index contributed by atoms with van der Waals surface area (Å²) in [5.74, 6) is 1.86. The van der Waals surface area contributed by atoms with Crippen LogP contribution in [0.15, 0.2) is 24.9 Å². The van der Waals surface area contributed by atoms with Gasteiger partial charge in [-0.15, -0.1) is 0 Å². The molecular formula is C24H30N6O5. The van der Waals surface area contributed by atoms with E-state index in [1.54, 1.807) is 32.4 Å². The lowest BCUT2D eigenvalue weighted by atomic mass is 10.0. The highest BCUT2D eigenvalue weighted by Gasteiger charge is 2.35. The number of urea groups is 1. The second-order valence-electron chi connectivity index (χ2n) is 8.46. The Balaban J connectivity index is 1.62. The van der Waals surface area contributed by atoms with Crippen molar-refractivity contribution >= 4 is 29.4 Å². The maximum absolute atomic E-state index is 13.5. The topological polar surface area (TPSA) is 118 Å². The minimum atomic E-state index is -0.274. The molecule has 2 aromatic rings. The smallest absolute Gasteiger partial charge is 0.330 e. The molecule has 3 heterocycles. The third kappa shape index (κ3) is 4.46. The molecule has 2 atom stereocenters.